The van der Waals surface area contributed by atoms with E-state index in [-0.39, 0.29) is 18.4 Å². The van der Waals surface area contributed by atoms with E-state index in [1.165, 1.54) is 0 Å². The highest BCUT2D eigenvalue weighted by molar-refractivity contribution is 5.30. The number of methoxy groups -OCH3 is 1. The number of pyridine rings is 1. The maximum atomic E-state index is 9.91. The zero-order valence-electron chi connectivity index (χ0n) is 13.2. The summed E-state index contributed by atoms with van der Waals surface area (Å²) in [6.07, 6.45) is 0. The van der Waals surface area contributed by atoms with Crippen LogP contribution in [0.4, 0.5) is 0 Å². The van der Waals surface area contributed by atoms with E-state index in [1.54, 1.807) is 19.2 Å². The molecule has 0 aliphatic rings. The average Bonchev–Trinajstić information content (AvgIpc) is 2.52. The van der Waals surface area contributed by atoms with Gasteiger partial charge in [-0.2, -0.15) is 0 Å². The molecule has 5 heteroatoms. The van der Waals surface area contributed by atoms with Crippen LogP contribution in [-0.2, 0) is 6.54 Å². The van der Waals surface area contributed by atoms with Crippen molar-refractivity contribution in [3.63, 3.8) is 0 Å². The van der Waals surface area contributed by atoms with Gasteiger partial charge >= 0.3 is 0 Å². The number of hydrogen-bond acceptors (Lipinski definition) is 5. The SMILES string of the molecule is COc1ccc(C(CO)N(C)Cc2nc(C)ccc2O)cc1. The molecule has 0 aliphatic carbocycles. The van der Waals surface area contributed by atoms with E-state index >= 15 is 0 Å². The second kappa shape index (κ2) is 7.24. The summed E-state index contributed by atoms with van der Waals surface area (Å²) in [6.45, 7) is 2.32. The van der Waals surface area contributed by atoms with E-state index in [9.17, 15) is 10.2 Å². The summed E-state index contributed by atoms with van der Waals surface area (Å²) in [5, 5.41) is 19.6. The second-order valence-electron chi connectivity index (χ2n) is 5.31. The molecule has 0 aliphatic heterocycles. The van der Waals surface area contributed by atoms with Crippen molar-refractivity contribution < 1.29 is 14.9 Å². The Morgan fingerprint density at radius 2 is 1.86 bits per heavy atom. The van der Waals surface area contributed by atoms with Crippen LogP contribution in [0, 0.1) is 6.92 Å². The molecule has 2 N–H and O–H groups in total. The summed E-state index contributed by atoms with van der Waals surface area (Å²) in [5.74, 6) is 0.949. The molecular formula is C17H22N2O3. The maximum absolute atomic E-state index is 9.91. The van der Waals surface area contributed by atoms with Gasteiger partial charge in [0.25, 0.3) is 0 Å². The summed E-state index contributed by atoms with van der Waals surface area (Å²) in [5.41, 5.74) is 2.44. The van der Waals surface area contributed by atoms with Crippen molar-refractivity contribution in [2.24, 2.45) is 0 Å². The Bertz CT molecular complexity index is 614. The van der Waals surface area contributed by atoms with Crippen molar-refractivity contribution in [2.45, 2.75) is 19.5 Å². The third kappa shape index (κ3) is 3.75. The van der Waals surface area contributed by atoms with Crippen molar-refractivity contribution in [3.8, 4) is 11.5 Å². The van der Waals surface area contributed by atoms with Crippen LogP contribution in [0.5, 0.6) is 11.5 Å². The smallest absolute Gasteiger partial charge is 0.138 e. The molecule has 1 aromatic carbocycles. The molecule has 0 radical (unpaired) electrons. The zero-order valence-corrected chi connectivity index (χ0v) is 13.2. The van der Waals surface area contributed by atoms with Crippen LogP contribution in [-0.4, -0.2) is 40.9 Å². The minimum Gasteiger partial charge on any atom is -0.506 e. The minimum absolute atomic E-state index is 0.0184. The normalized spacial score (nSPS) is 12.4. The average molecular weight is 302 g/mol. The highest BCUT2D eigenvalue weighted by Crippen LogP contribution is 2.25. The van der Waals surface area contributed by atoms with E-state index in [0.717, 1.165) is 17.0 Å². The molecule has 1 atom stereocenters. The first-order valence-electron chi connectivity index (χ1n) is 7.15. The molecule has 1 aromatic heterocycles. The topological polar surface area (TPSA) is 65.8 Å². The lowest BCUT2D eigenvalue weighted by Gasteiger charge is -2.27. The lowest BCUT2D eigenvalue weighted by Crippen LogP contribution is -2.27. The summed E-state index contributed by atoms with van der Waals surface area (Å²) >= 11 is 0. The lowest BCUT2D eigenvalue weighted by atomic mass is 10.1. The number of hydrogen-bond donors (Lipinski definition) is 2. The van der Waals surface area contributed by atoms with Crippen LogP contribution in [0.3, 0.4) is 0 Å². The fraction of sp³-hybridized carbons (Fsp3) is 0.353. The van der Waals surface area contributed by atoms with Gasteiger partial charge < -0.3 is 14.9 Å². The van der Waals surface area contributed by atoms with Crippen LogP contribution >= 0.6 is 0 Å². The number of nitrogens with zero attached hydrogens (tertiary/aromatic N) is 2. The number of aryl methyl sites for hydroxylation is 1. The van der Waals surface area contributed by atoms with Crippen molar-refractivity contribution in [3.05, 3.63) is 53.3 Å². The quantitative estimate of drug-likeness (QED) is 0.857. The Balaban J connectivity index is 2.17. The number of aliphatic hydroxyl groups excluding tert-OH is 1. The first kappa shape index (κ1) is 16.3. The second-order valence-corrected chi connectivity index (χ2v) is 5.31. The molecule has 5 nitrogen and oxygen atoms in total. The predicted molar refractivity (Wildman–Crippen MR) is 84.9 cm³/mol. The monoisotopic (exact) mass is 302 g/mol. The Morgan fingerprint density at radius 1 is 1.18 bits per heavy atom. The van der Waals surface area contributed by atoms with Gasteiger partial charge in [-0.3, -0.25) is 9.88 Å². The molecule has 0 spiro atoms. The standard InChI is InChI=1S/C17H22N2O3/c1-12-4-9-17(21)15(18-12)10-19(2)16(11-20)13-5-7-14(22-3)8-6-13/h4-9,16,20-21H,10-11H2,1-3H3. The van der Waals surface area contributed by atoms with Crippen molar-refractivity contribution in [1.82, 2.24) is 9.88 Å². The van der Waals surface area contributed by atoms with Crippen LogP contribution in [0.2, 0.25) is 0 Å². The third-order valence-corrected chi connectivity index (χ3v) is 3.69. The van der Waals surface area contributed by atoms with Gasteiger partial charge in [0.15, 0.2) is 0 Å². The summed E-state index contributed by atoms with van der Waals surface area (Å²) in [6, 6.07) is 10.8. The fourth-order valence-electron chi connectivity index (χ4n) is 2.39. The highest BCUT2D eigenvalue weighted by Gasteiger charge is 2.18. The Kier molecular flexibility index (Phi) is 5.35. The Labute approximate surface area is 130 Å². The fourth-order valence-corrected chi connectivity index (χ4v) is 2.39. The molecule has 0 fully saturated rings. The van der Waals surface area contributed by atoms with Gasteiger partial charge in [-0.05, 0) is 43.8 Å². The molecule has 0 bridgehead atoms. The molecule has 0 amide bonds. The predicted octanol–water partition coefficient (Wildman–Crippen LogP) is 2.27. The van der Waals surface area contributed by atoms with Gasteiger partial charge in [-0.15, -0.1) is 0 Å². The molecule has 0 saturated heterocycles. The molecular weight excluding hydrogens is 280 g/mol. The van der Waals surface area contributed by atoms with E-state index in [4.69, 9.17) is 4.74 Å². The third-order valence-electron chi connectivity index (χ3n) is 3.69. The molecule has 118 valence electrons. The summed E-state index contributed by atoms with van der Waals surface area (Å²) in [4.78, 5) is 6.32. The van der Waals surface area contributed by atoms with Gasteiger partial charge in [0.2, 0.25) is 0 Å². The van der Waals surface area contributed by atoms with Gasteiger partial charge in [-0.25, -0.2) is 0 Å². The van der Waals surface area contributed by atoms with E-state index in [2.05, 4.69) is 4.98 Å². The largest absolute Gasteiger partial charge is 0.506 e. The molecule has 2 rings (SSSR count). The number of rotatable bonds is 6. The number of aliphatic hydroxyl groups is 1. The summed E-state index contributed by atoms with van der Waals surface area (Å²) < 4.78 is 5.15. The van der Waals surface area contributed by atoms with E-state index in [0.29, 0.717) is 12.2 Å². The van der Waals surface area contributed by atoms with E-state index < -0.39 is 0 Å². The van der Waals surface area contributed by atoms with Gasteiger partial charge in [0.1, 0.15) is 11.5 Å². The number of likely N-dealkylation sites (N-methyl/N-ethyl adjacent to an activating group) is 1. The Morgan fingerprint density at radius 3 is 2.45 bits per heavy atom. The van der Waals surface area contributed by atoms with E-state index in [1.807, 2.05) is 43.1 Å². The molecule has 2 aromatic rings. The van der Waals surface area contributed by atoms with Gasteiger partial charge in [0, 0.05) is 12.2 Å². The highest BCUT2D eigenvalue weighted by atomic mass is 16.5. The number of aromatic nitrogens is 1. The van der Waals surface area contributed by atoms with Crippen LogP contribution in [0.1, 0.15) is 23.0 Å². The van der Waals surface area contributed by atoms with Crippen LogP contribution in [0.15, 0.2) is 36.4 Å². The van der Waals surface area contributed by atoms with Crippen LogP contribution in [0.25, 0.3) is 0 Å². The zero-order chi connectivity index (χ0) is 16.1. The molecule has 22 heavy (non-hydrogen) atoms. The maximum Gasteiger partial charge on any atom is 0.138 e. The lowest BCUT2D eigenvalue weighted by molar-refractivity contribution is 0.140. The number of aromatic hydroxyl groups is 1. The van der Waals surface area contributed by atoms with Crippen molar-refractivity contribution >= 4 is 0 Å². The molecule has 0 saturated carbocycles. The number of benzene rings is 1. The van der Waals surface area contributed by atoms with Gasteiger partial charge in [-0.1, -0.05) is 12.1 Å². The minimum atomic E-state index is -0.174. The Hall–Kier alpha value is -2.11. The van der Waals surface area contributed by atoms with Crippen molar-refractivity contribution in [2.75, 3.05) is 20.8 Å². The molecule has 1 unspecified atom stereocenters. The van der Waals surface area contributed by atoms with Crippen molar-refractivity contribution in [1.29, 1.82) is 0 Å². The molecule has 1 heterocycles. The van der Waals surface area contributed by atoms with Crippen LogP contribution < -0.4 is 4.74 Å². The summed E-state index contributed by atoms with van der Waals surface area (Å²) in [7, 11) is 3.52. The first-order valence-corrected chi connectivity index (χ1v) is 7.15. The number of ether oxygens (including phenoxy) is 1. The first-order chi connectivity index (χ1) is 10.5. The van der Waals surface area contributed by atoms with Gasteiger partial charge in [0.05, 0.1) is 25.5 Å².